The third-order valence-corrected chi connectivity index (χ3v) is 3.60. The van der Waals surface area contributed by atoms with Crippen LogP contribution in [-0.2, 0) is 6.42 Å². The van der Waals surface area contributed by atoms with Gasteiger partial charge in [-0.25, -0.2) is 0 Å². The Morgan fingerprint density at radius 1 is 1.25 bits per heavy atom. The highest BCUT2D eigenvalue weighted by Gasteiger charge is 2.25. The Morgan fingerprint density at radius 2 is 1.94 bits per heavy atom. The van der Waals surface area contributed by atoms with Gasteiger partial charge in [-0.05, 0) is 29.4 Å². The third kappa shape index (κ3) is 3.08. The van der Waals surface area contributed by atoms with Crippen LogP contribution in [0.15, 0.2) is 24.3 Å². The highest BCUT2D eigenvalue weighted by Crippen LogP contribution is 2.34. The first-order chi connectivity index (χ1) is 7.51. The zero-order valence-electron chi connectivity index (χ0n) is 11.1. The van der Waals surface area contributed by atoms with Crippen molar-refractivity contribution in [2.45, 2.75) is 53.0 Å². The third-order valence-electron chi connectivity index (χ3n) is 3.60. The minimum atomic E-state index is 0.134. The fraction of sp³-hybridized carbons (Fsp3) is 0.600. The summed E-state index contributed by atoms with van der Waals surface area (Å²) in [4.78, 5) is 0. The molecule has 0 bridgehead atoms. The summed E-state index contributed by atoms with van der Waals surface area (Å²) in [6, 6.07) is 8.88. The van der Waals surface area contributed by atoms with Crippen molar-refractivity contribution in [3.8, 4) is 0 Å². The molecule has 1 atom stereocenters. The van der Waals surface area contributed by atoms with Gasteiger partial charge >= 0.3 is 0 Å². The topological polar surface area (TPSA) is 26.0 Å². The Hall–Kier alpha value is -0.820. The maximum Gasteiger partial charge on any atom is 0.0346 e. The molecule has 0 spiro atoms. The van der Waals surface area contributed by atoms with Crippen molar-refractivity contribution in [1.82, 2.24) is 0 Å². The van der Waals surface area contributed by atoms with Crippen LogP contribution in [-0.4, -0.2) is 0 Å². The molecule has 0 aliphatic carbocycles. The van der Waals surface area contributed by atoms with Gasteiger partial charge in [0.2, 0.25) is 0 Å². The van der Waals surface area contributed by atoms with Crippen molar-refractivity contribution in [2.75, 3.05) is 0 Å². The van der Waals surface area contributed by atoms with E-state index in [4.69, 9.17) is 5.73 Å². The van der Waals surface area contributed by atoms with Gasteiger partial charge in [-0.1, -0.05) is 58.4 Å². The molecule has 16 heavy (non-hydrogen) atoms. The van der Waals surface area contributed by atoms with E-state index in [2.05, 4.69) is 52.0 Å². The summed E-state index contributed by atoms with van der Waals surface area (Å²) in [5.74, 6) is 0. The molecule has 0 aromatic heterocycles. The predicted octanol–water partition coefficient (Wildman–Crippen LogP) is 4.08. The Balaban J connectivity index is 2.91. The van der Waals surface area contributed by atoms with Gasteiger partial charge in [0.1, 0.15) is 0 Å². The average Bonchev–Trinajstić information content (AvgIpc) is 2.29. The minimum Gasteiger partial charge on any atom is -0.324 e. The highest BCUT2D eigenvalue weighted by molar-refractivity contribution is 5.27. The molecule has 2 N–H and O–H groups in total. The lowest BCUT2D eigenvalue weighted by Crippen LogP contribution is -2.28. The lowest BCUT2D eigenvalue weighted by molar-refractivity contribution is 0.278. The van der Waals surface area contributed by atoms with Gasteiger partial charge in [0, 0.05) is 6.04 Å². The van der Waals surface area contributed by atoms with Crippen LogP contribution in [0.25, 0.3) is 0 Å². The van der Waals surface area contributed by atoms with Gasteiger partial charge in [0.25, 0.3) is 0 Å². The van der Waals surface area contributed by atoms with E-state index >= 15 is 0 Å². The standard InChI is InChI=1S/C15H25N/c1-5-8-12-9-7-10-13(11-12)14(16)15(3,4)6-2/h7,9-11,14H,5-6,8,16H2,1-4H3. The minimum absolute atomic E-state index is 0.134. The Kier molecular flexibility index (Phi) is 4.55. The van der Waals surface area contributed by atoms with E-state index in [9.17, 15) is 0 Å². The number of rotatable bonds is 5. The highest BCUT2D eigenvalue weighted by atomic mass is 14.7. The normalized spacial score (nSPS) is 13.8. The van der Waals surface area contributed by atoms with Crippen molar-refractivity contribution >= 4 is 0 Å². The second kappa shape index (κ2) is 5.49. The fourth-order valence-corrected chi connectivity index (χ4v) is 1.90. The van der Waals surface area contributed by atoms with E-state index < -0.39 is 0 Å². The lowest BCUT2D eigenvalue weighted by atomic mass is 9.78. The molecule has 0 aliphatic rings. The first-order valence-corrected chi connectivity index (χ1v) is 6.35. The number of nitrogens with two attached hydrogens (primary N) is 1. The Morgan fingerprint density at radius 3 is 2.50 bits per heavy atom. The summed E-state index contributed by atoms with van der Waals surface area (Å²) < 4.78 is 0. The fourth-order valence-electron chi connectivity index (χ4n) is 1.90. The summed E-state index contributed by atoms with van der Waals surface area (Å²) in [6.45, 7) is 8.90. The van der Waals surface area contributed by atoms with Gasteiger partial charge in [-0.3, -0.25) is 0 Å². The molecule has 1 rings (SSSR count). The number of hydrogen-bond donors (Lipinski definition) is 1. The molecular formula is C15H25N. The van der Waals surface area contributed by atoms with E-state index in [0.29, 0.717) is 0 Å². The number of aryl methyl sites for hydroxylation is 1. The maximum absolute atomic E-state index is 6.35. The molecule has 1 aromatic rings. The second-order valence-electron chi connectivity index (χ2n) is 5.31. The van der Waals surface area contributed by atoms with Crippen LogP contribution >= 0.6 is 0 Å². The molecule has 90 valence electrons. The average molecular weight is 219 g/mol. The number of hydrogen-bond acceptors (Lipinski definition) is 1. The summed E-state index contributed by atoms with van der Waals surface area (Å²) in [7, 11) is 0. The smallest absolute Gasteiger partial charge is 0.0346 e. The van der Waals surface area contributed by atoms with Crippen LogP contribution in [0.3, 0.4) is 0 Å². The molecular weight excluding hydrogens is 194 g/mol. The lowest BCUT2D eigenvalue weighted by Gasteiger charge is -2.31. The van der Waals surface area contributed by atoms with Crippen LogP contribution in [0.4, 0.5) is 0 Å². The van der Waals surface area contributed by atoms with E-state index in [1.165, 1.54) is 17.5 Å². The zero-order chi connectivity index (χ0) is 12.2. The second-order valence-corrected chi connectivity index (χ2v) is 5.31. The van der Waals surface area contributed by atoms with Gasteiger partial charge in [0.15, 0.2) is 0 Å². The molecule has 0 amide bonds. The molecule has 0 saturated heterocycles. The molecule has 0 fully saturated rings. The first kappa shape index (κ1) is 13.2. The first-order valence-electron chi connectivity index (χ1n) is 6.35. The predicted molar refractivity (Wildman–Crippen MR) is 71.4 cm³/mol. The zero-order valence-corrected chi connectivity index (χ0v) is 11.1. The molecule has 1 unspecified atom stereocenters. The quantitative estimate of drug-likeness (QED) is 0.793. The Bertz CT molecular complexity index is 328. The van der Waals surface area contributed by atoms with Crippen molar-refractivity contribution < 1.29 is 0 Å². The van der Waals surface area contributed by atoms with E-state index in [1.54, 1.807) is 0 Å². The molecule has 1 nitrogen and oxygen atoms in total. The van der Waals surface area contributed by atoms with Crippen LogP contribution in [0, 0.1) is 5.41 Å². The maximum atomic E-state index is 6.35. The van der Waals surface area contributed by atoms with E-state index in [1.807, 2.05) is 0 Å². The van der Waals surface area contributed by atoms with Crippen molar-refractivity contribution in [1.29, 1.82) is 0 Å². The van der Waals surface area contributed by atoms with Crippen molar-refractivity contribution in [2.24, 2.45) is 11.1 Å². The molecule has 0 radical (unpaired) electrons. The monoisotopic (exact) mass is 219 g/mol. The van der Waals surface area contributed by atoms with Crippen LogP contribution in [0.1, 0.15) is 57.7 Å². The van der Waals surface area contributed by atoms with Gasteiger partial charge in [-0.15, -0.1) is 0 Å². The van der Waals surface area contributed by atoms with E-state index in [0.717, 1.165) is 12.8 Å². The van der Waals surface area contributed by atoms with Crippen molar-refractivity contribution in [3.05, 3.63) is 35.4 Å². The summed E-state index contributed by atoms with van der Waals surface area (Å²) >= 11 is 0. The molecule has 0 heterocycles. The Labute approximate surface area is 100 Å². The van der Waals surface area contributed by atoms with Gasteiger partial charge < -0.3 is 5.73 Å². The van der Waals surface area contributed by atoms with Crippen LogP contribution < -0.4 is 5.73 Å². The van der Waals surface area contributed by atoms with Crippen LogP contribution in [0.5, 0.6) is 0 Å². The molecule has 0 aliphatic heterocycles. The summed E-state index contributed by atoms with van der Waals surface area (Å²) in [5.41, 5.74) is 9.20. The van der Waals surface area contributed by atoms with Gasteiger partial charge in [-0.2, -0.15) is 0 Å². The summed E-state index contributed by atoms with van der Waals surface area (Å²) in [5, 5.41) is 0. The van der Waals surface area contributed by atoms with Crippen molar-refractivity contribution in [3.63, 3.8) is 0 Å². The molecule has 0 saturated carbocycles. The number of benzene rings is 1. The van der Waals surface area contributed by atoms with E-state index in [-0.39, 0.29) is 11.5 Å². The van der Waals surface area contributed by atoms with Crippen LogP contribution in [0.2, 0.25) is 0 Å². The van der Waals surface area contributed by atoms with Gasteiger partial charge in [0.05, 0.1) is 0 Å². The molecule has 1 aromatic carbocycles. The summed E-state index contributed by atoms with van der Waals surface area (Å²) in [6.07, 6.45) is 3.44. The largest absolute Gasteiger partial charge is 0.324 e. The SMILES string of the molecule is CCCc1cccc(C(N)C(C)(C)CC)c1. The molecule has 1 heteroatoms.